The molecule has 0 aromatic rings. The highest BCUT2D eigenvalue weighted by Crippen LogP contribution is 2.20. The van der Waals surface area contributed by atoms with E-state index < -0.39 is 0 Å². The van der Waals surface area contributed by atoms with Crippen LogP contribution in [0.2, 0.25) is 0 Å². The predicted molar refractivity (Wildman–Crippen MR) is 78.1 cm³/mol. The molecule has 0 bridgehead atoms. The Balaban J connectivity index is 2.33. The van der Waals surface area contributed by atoms with Crippen LogP contribution in [0.3, 0.4) is 0 Å². The number of hydrogen-bond donors (Lipinski definition) is 1. The molecule has 108 valence electrons. The Labute approximate surface area is 113 Å². The first-order chi connectivity index (χ1) is 8.65. The fourth-order valence-electron chi connectivity index (χ4n) is 2.77. The summed E-state index contributed by atoms with van der Waals surface area (Å²) in [4.78, 5) is 2.70. The molecule has 2 atom stereocenters. The van der Waals surface area contributed by atoms with Crippen molar-refractivity contribution < 1.29 is 4.74 Å². The van der Waals surface area contributed by atoms with E-state index in [4.69, 9.17) is 4.74 Å². The van der Waals surface area contributed by atoms with Crippen LogP contribution in [-0.2, 0) is 4.74 Å². The second-order valence-corrected chi connectivity index (χ2v) is 5.88. The Hall–Kier alpha value is -0.120. The second kappa shape index (κ2) is 8.13. The number of ether oxygens (including phenoxy) is 1. The van der Waals surface area contributed by atoms with E-state index in [9.17, 15) is 0 Å². The smallest absolute Gasteiger partial charge is 0.0462 e. The fourth-order valence-corrected chi connectivity index (χ4v) is 2.77. The minimum atomic E-state index is 0.318. The Kier molecular flexibility index (Phi) is 7.20. The van der Waals surface area contributed by atoms with Crippen LogP contribution < -0.4 is 5.32 Å². The molecule has 1 heterocycles. The van der Waals surface area contributed by atoms with Gasteiger partial charge in [-0.05, 0) is 45.6 Å². The average Bonchev–Trinajstić information content (AvgIpc) is 2.39. The van der Waals surface area contributed by atoms with Gasteiger partial charge in [-0.15, -0.1) is 0 Å². The van der Waals surface area contributed by atoms with Crippen molar-refractivity contribution in [1.82, 2.24) is 10.2 Å². The van der Waals surface area contributed by atoms with Crippen molar-refractivity contribution in [3.8, 4) is 0 Å². The fraction of sp³-hybridized carbons (Fsp3) is 1.00. The third-order valence-corrected chi connectivity index (χ3v) is 4.38. The maximum Gasteiger partial charge on any atom is 0.0462 e. The first kappa shape index (κ1) is 15.9. The highest BCUT2D eigenvalue weighted by Gasteiger charge is 2.33. The van der Waals surface area contributed by atoms with Crippen LogP contribution in [0.15, 0.2) is 0 Å². The van der Waals surface area contributed by atoms with Gasteiger partial charge in [0.05, 0.1) is 0 Å². The van der Waals surface area contributed by atoms with E-state index in [0.717, 1.165) is 19.2 Å². The number of hydrogen-bond acceptors (Lipinski definition) is 3. The molecule has 18 heavy (non-hydrogen) atoms. The molecule has 0 aromatic carbocycles. The summed E-state index contributed by atoms with van der Waals surface area (Å²) in [5, 5.41) is 3.73. The van der Waals surface area contributed by atoms with E-state index in [0.29, 0.717) is 5.54 Å². The van der Waals surface area contributed by atoms with Gasteiger partial charge in [0.15, 0.2) is 0 Å². The molecule has 0 saturated carbocycles. The van der Waals surface area contributed by atoms with Gasteiger partial charge in [-0.2, -0.15) is 0 Å². The van der Waals surface area contributed by atoms with Crippen LogP contribution in [-0.4, -0.2) is 49.8 Å². The normalized spacial score (nSPS) is 29.7. The lowest BCUT2D eigenvalue weighted by Crippen LogP contribution is -2.62. The lowest BCUT2D eigenvalue weighted by atomic mass is 9.92. The molecule has 1 saturated heterocycles. The van der Waals surface area contributed by atoms with E-state index >= 15 is 0 Å². The quantitative estimate of drug-likeness (QED) is 0.676. The molecule has 1 aliphatic heterocycles. The van der Waals surface area contributed by atoms with Gasteiger partial charge >= 0.3 is 0 Å². The van der Waals surface area contributed by atoms with Crippen molar-refractivity contribution in [3.63, 3.8) is 0 Å². The van der Waals surface area contributed by atoms with E-state index in [-0.39, 0.29) is 0 Å². The third-order valence-electron chi connectivity index (χ3n) is 4.38. The molecule has 0 spiro atoms. The predicted octanol–water partition coefficient (Wildman–Crippen LogP) is 2.66. The van der Waals surface area contributed by atoms with Crippen molar-refractivity contribution in [1.29, 1.82) is 0 Å². The number of nitrogens with one attached hydrogen (secondary N) is 1. The van der Waals surface area contributed by atoms with Crippen LogP contribution in [0.4, 0.5) is 0 Å². The van der Waals surface area contributed by atoms with Gasteiger partial charge in [0.1, 0.15) is 0 Å². The van der Waals surface area contributed by atoms with Crippen LogP contribution in [0.1, 0.15) is 52.9 Å². The highest BCUT2D eigenvalue weighted by molar-refractivity contribution is 4.93. The minimum absolute atomic E-state index is 0.318. The topological polar surface area (TPSA) is 24.5 Å². The minimum Gasteiger partial charge on any atom is -0.385 e. The van der Waals surface area contributed by atoms with Crippen molar-refractivity contribution in [2.75, 3.05) is 33.4 Å². The molecule has 2 unspecified atom stereocenters. The molecular formula is C15H32N2O. The maximum absolute atomic E-state index is 5.10. The lowest BCUT2D eigenvalue weighted by Gasteiger charge is -2.46. The van der Waals surface area contributed by atoms with Crippen LogP contribution >= 0.6 is 0 Å². The van der Waals surface area contributed by atoms with Crippen molar-refractivity contribution in [3.05, 3.63) is 0 Å². The monoisotopic (exact) mass is 256 g/mol. The lowest BCUT2D eigenvalue weighted by molar-refractivity contribution is 0.0796. The molecule has 1 fully saturated rings. The largest absolute Gasteiger partial charge is 0.385 e. The van der Waals surface area contributed by atoms with Gasteiger partial charge in [0.2, 0.25) is 0 Å². The molecule has 1 N–H and O–H groups in total. The van der Waals surface area contributed by atoms with Gasteiger partial charge in [-0.3, -0.25) is 4.90 Å². The number of piperazine rings is 1. The molecule has 0 aliphatic carbocycles. The van der Waals surface area contributed by atoms with Crippen LogP contribution in [0.5, 0.6) is 0 Å². The third kappa shape index (κ3) is 4.87. The molecular weight excluding hydrogens is 224 g/mol. The van der Waals surface area contributed by atoms with Crippen molar-refractivity contribution in [2.24, 2.45) is 0 Å². The first-order valence-electron chi connectivity index (χ1n) is 7.63. The van der Waals surface area contributed by atoms with Gasteiger partial charge in [0, 0.05) is 38.4 Å². The first-order valence-corrected chi connectivity index (χ1v) is 7.63. The van der Waals surface area contributed by atoms with Gasteiger partial charge in [0.25, 0.3) is 0 Å². The summed E-state index contributed by atoms with van der Waals surface area (Å²) >= 11 is 0. The summed E-state index contributed by atoms with van der Waals surface area (Å²) in [6, 6.07) is 0.729. The van der Waals surface area contributed by atoms with E-state index in [1.165, 1.54) is 45.2 Å². The zero-order chi connectivity index (χ0) is 13.4. The summed E-state index contributed by atoms with van der Waals surface area (Å²) in [5.41, 5.74) is 0.318. The molecule has 3 nitrogen and oxygen atoms in total. The summed E-state index contributed by atoms with van der Waals surface area (Å²) in [5.74, 6) is 0. The van der Waals surface area contributed by atoms with Gasteiger partial charge in [-0.1, -0.05) is 13.8 Å². The van der Waals surface area contributed by atoms with Crippen LogP contribution in [0, 0.1) is 0 Å². The second-order valence-electron chi connectivity index (χ2n) is 5.88. The standard InChI is InChI=1S/C15H32N2O/c1-5-14-12-16-15(3,6-2)13-17(14)10-8-7-9-11-18-4/h14,16H,5-13H2,1-4H3. The zero-order valence-corrected chi connectivity index (χ0v) is 12.8. The van der Waals surface area contributed by atoms with Crippen molar-refractivity contribution in [2.45, 2.75) is 64.5 Å². The Morgan fingerprint density at radius 2 is 2.06 bits per heavy atom. The molecule has 0 aromatic heterocycles. The van der Waals surface area contributed by atoms with Crippen LogP contribution in [0.25, 0.3) is 0 Å². The Morgan fingerprint density at radius 3 is 2.67 bits per heavy atom. The maximum atomic E-state index is 5.10. The SMILES string of the molecule is CCC1CNC(C)(CC)CN1CCCCCOC. The molecule has 1 aliphatic rings. The number of methoxy groups -OCH3 is 1. The number of nitrogens with zero attached hydrogens (tertiary/aromatic N) is 1. The summed E-state index contributed by atoms with van der Waals surface area (Å²) in [6.07, 6.45) is 6.26. The summed E-state index contributed by atoms with van der Waals surface area (Å²) in [6.45, 7) is 11.5. The zero-order valence-electron chi connectivity index (χ0n) is 12.8. The summed E-state index contributed by atoms with van der Waals surface area (Å²) < 4.78 is 5.10. The molecule has 0 radical (unpaired) electrons. The summed E-state index contributed by atoms with van der Waals surface area (Å²) in [7, 11) is 1.79. The van der Waals surface area contributed by atoms with E-state index in [2.05, 4.69) is 31.0 Å². The Bertz CT molecular complexity index is 223. The van der Waals surface area contributed by atoms with Gasteiger partial charge in [-0.25, -0.2) is 0 Å². The molecule has 3 heteroatoms. The number of unbranched alkanes of at least 4 members (excludes halogenated alkanes) is 2. The molecule has 1 rings (SSSR count). The van der Waals surface area contributed by atoms with E-state index in [1.54, 1.807) is 7.11 Å². The van der Waals surface area contributed by atoms with Gasteiger partial charge < -0.3 is 10.1 Å². The molecule has 0 amide bonds. The number of rotatable bonds is 8. The highest BCUT2D eigenvalue weighted by atomic mass is 16.5. The van der Waals surface area contributed by atoms with Crippen molar-refractivity contribution >= 4 is 0 Å². The average molecular weight is 256 g/mol. The Morgan fingerprint density at radius 1 is 1.28 bits per heavy atom. The van der Waals surface area contributed by atoms with E-state index in [1.807, 2.05) is 0 Å².